The van der Waals surface area contributed by atoms with Gasteiger partial charge in [-0.2, -0.15) is 0 Å². The smallest absolute Gasteiger partial charge is 0.220 e. The molecule has 17 unspecified atom stereocenters. The van der Waals surface area contributed by atoms with Crippen molar-refractivity contribution in [2.45, 2.75) is 503 Å². The van der Waals surface area contributed by atoms with E-state index in [0.717, 1.165) is 44.9 Å². The van der Waals surface area contributed by atoms with Crippen molar-refractivity contribution in [2.75, 3.05) is 26.4 Å². The Bertz CT molecular complexity index is 1860. The van der Waals surface area contributed by atoms with E-state index in [1.165, 1.54) is 321 Å². The number of unbranched alkanes of at least 4 members (excludes halogenated alkanes) is 56. The van der Waals surface area contributed by atoms with Gasteiger partial charge in [0.05, 0.1) is 38.6 Å². The van der Waals surface area contributed by atoms with Gasteiger partial charge >= 0.3 is 0 Å². The van der Waals surface area contributed by atoms with E-state index < -0.39 is 124 Å². The normalized spacial score (nSPS) is 25.9. The van der Waals surface area contributed by atoms with Crippen LogP contribution in [0.5, 0.6) is 0 Å². The maximum absolute atomic E-state index is 13.5. The van der Waals surface area contributed by atoms with Crippen LogP contribution in [0.4, 0.5) is 0 Å². The largest absolute Gasteiger partial charge is 0.394 e. The molecular formula is C84H163NO18. The molecule has 0 radical (unpaired) electrons. The molecule has 3 aliphatic heterocycles. The van der Waals surface area contributed by atoms with E-state index in [4.69, 9.17) is 28.4 Å². The highest BCUT2D eigenvalue weighted by Gasteiger charge is 2.54. The van der Waals surface area contributed by atoms with Gasteiger partial charge in [0.1, 0.15) is 73.2 Å². The Morgan fingerprint density at radius 3 is 0.845 bits per heavy atom. The van der Waals surface area contributed by atoms with Crippen molar-refractivity contribution in [1.82, 2.24) is 5.32 Å². The number of hydrogen-bond donors (Lipinski definition) is 12. The molecule has 0 saturated carbocycles. The fourth-order valence-electron chi connectivity index (χ4n) is 15.4. The second-order valence-corrected chi connectivity index (χ2v) is 31.7. The molecule has 12 N–H and O–H groups in total. The maximum atomic E-state index is 13.5. The summed E-state index contributed by atoms with van der Waals surface area (Å²) >= 11 is 0. The molecule has 3 saturated heterocycles. The second kappa shape index (κ2) is 65.5. The Labute approximate surface area is 627 Å². The Morgan fingerprint density at radius 2 is 0.553 bits per heavy atom. The summed E-state index contributed by atoms with van der Waals surface area (Å²) in [5, 5.41) is 121. The first-order valence-corrected chi connectivity index (χ1v) is 43.8. The average molecular weight is 1480 g/mol. The van der Waals surface area contributed by atoms with E-state index in [1.54, 1.807) is 0 Å². The van der Waals surface area contributed by atoms with Crippen molar-refractivity contribution in [3.05, 3.63) is 0 Å². The van der Waals surface area contributed by atoms with Crippen molar-refractivity contribution >= 4 is 5.91 Å². The van der Waals surface area contributed by atoms with Crippen molar-refractivity contribution < 1.29 is 89.4 Å². The summed E-state index contributed by atoms with van der Waals surface area (Å²) in [7, 11) is 0. The molecular weight excluding hydrogens is 1310 g/mol. The zero-order chi connectivity index (χ0) is 74.6. The fourth-order valence-corrected chi connectivity index (χ4v) is 15.4. The van der Waals surface area contributed by atoms with Crippen molar-refractivity contribution in [3.8, 4) is 0 Å². The summed E-state index contributed by atoms with van der Waals surface area (Å²) in [4.78, 5) is 13.5. The van der Waals surface area contributed by atoms with Gasteiger partial charge in [-0.3, -0.25) is 4.79 Å². The molecule has 0 aliphatic carbocycles. The molecule has 17 atom stereocenters. The lowest BCUT2D eigenvalue weighted by molar-refractivity contribution is -0.379. The summed E-state index contributed by atoms with van der Waals surface area (Å²) in [6, 6.07) is -0.884. The molecule has 0 bridgehead atoms. The van der Waals surface area contributed by atoms with Gasteiger partial charge < -0.3 is 89.9 Å². The maximum Gasteiger partial charge on any atom is 0.220 e. The summed E-state index contributed by atoms with van der Waals surface area (Å²) in [6.07, 6.45) is 50.8. The summed E-state index contributed by atoms with van der Waals surface area (Å²) in [6.45, 7) is 1.88. The van der Waals surface area contributed by atoms with Crippen molar-refractivity contribution in [1.29, 1.82) is 0 Å². The molecule has 612 valence electrons. The highest BCUT2D eigenvalue weighted by molar-refractivity contribution is 5.76. The van der Waals surface area contributed by atoms with Gasteiger partial charge in [0.15, 0.2) is 18.9 Å². The molecule has 3 fully saturated rings. The number of rotatable bonds is 72. The van der Waals surface area contributed by atoms with Crippen LogP contribution in [-0.2, 0) is 33.2 Å². The lowest BCUT2D eigenvalue weighted by Crippen LogP contribution is -2.66. The minimum absolute atomic E-state index is 0.232. The quantitative estimate of drug-likeness (QED) is 0.0252. The summed E-state index contributed by atoms with van der Waals surface area (Å²) < 4.78 is 34.6. The fraction of sp³-hybridized carbons (Fsp3) is 0.988. The van der Waals surface area contributed by atoms with Crippen LogP contribution in [0, 0.1) is 0 Å². The van der Waals surface area contributed by atoms with Gasteiger partial charge in [0.2, 0.25) is 5.91 Å². The number of amides is 1. The number of nitrogens with one attached hydrogen (secondary N) is 1. The highest BCUT2D eigenvalue weighted by Crippen LogP contribution is 2.34. The van der Waals surface area contributed by atoms with E-state index in [9.17, 15) is 61.0 Å². The third kappa shape index (κ3) is 45.0. The number of hydrogen-bond acceptors (Lipinski definition) is 18. The predicted molar refractivity (Wildman–Crippen MR) is 411 cm³/mol. The van der Waals surface area contributed by atoms with Crippen molar-refractivity contribution in [2.24, 2.45) is 0 Å². The average Bonchev–Trinajstić information content (AvgIpc) is 0.781. The lowest BCUT2D eigenvalue weighted by atomic mass is 9.96. The zero-order valence-electron chi connectivity index (χ0n) is 65.8. The zero-order valence-corrected chi connectivity index (χ0v) is 65.8. The van der Waals surface area contributed by atoms with Crippen LogP contribution in [-0.4, -0.2) is 193 Å². The van der Waals surface area contributed by atoms with Crippen molar-refractivity contribution in [3.63, 3.8) is 0 Å². The minimum atomic E-state index is -1.97. The first-order chi connectivity index (χ1) is 50.3. The van der Waals surface area contributed by atoms with Crippen LogP contribution in [0.25, 0.3) is 0 Å². The SMILES string of the molecule is CCCCCCCCCCCCCCCCCCCCCCCCCCCCCCCCCCCCCCCC(=O)NC(COC1OC(CO)C(OC2OC(CO)C(OC3OC(CO)C(O)C(O)C3O)C(O)C2O)C(O)C1O)C(O)CCCCCCCCCCCCCCCCCCCCCCC. The molecule has 3 rings (SSSR count). The number of carbonyl (C=O) groups excluding carboxylic acids is 1. The minimum Gasteiger partial charge on any atom is -0.394 e. The number of aliphatic hydroxyl groups excluding tert-OH is 11. The standard InChI is InChI=1S/C84H163NO18/c1-3-5-7-9-11-13-15-17-19-21-23-25-26-27-28-29-30-31-32-33-34-35-36-37-38-39-40-42-44-46-48-50-52-54-56-58-60-62-72(90)85-67(68(89)61-59-57-55-53-51-49-47-45-43-41-24-22-20-18-16-14-12-10-8-6-4-2)66-98-82-78(96)75(93)80(70(64-87)100-82)103-84-79(97)76(94)81(71(65-88)101-84)102-83-77(95)74(92)73(91)69(63-86)99-83/h67-71,73-84,86-89,91-97H,3-66H2,1-2H3,(H,85,90). The summed E-state index contributed by atoms with van der Waals surface area (Å²) in [5.74, 6) is -0.232. The van der Waals surface area contributed by atoms with E-state index in [2.05, 4.69) is 19.2 Å². The Morgan fingerprint density at radius 1 is 0.311 bits per heavy atom. The third-order valence-electron chi connectivity index (χ3n) is 22.4. The molecule has 0 spiro atoms. The van der Waals surface area contributed by atoms with E-state index in [1.807, 2.05) is 0 Å². The van der Waals surface area contributed by atoms with E-state index >= 15 is 0 Å². The third-order valence-corrected chi connectivity index (χ3v) is 22.4. The van der Waals surface area contributed by atoms with Gasteiger partial charge in [-0.15, -0.1) is 0 Å². The Hall–Kier alpha value is -1.21. The first-order valence-electron chi connectivity index (χ1n) is 43.8. The summed E-state index contributed by atoms with van der Waals surface area (Å²) in [5.41, 5.74) is 0. The van der Waals surface area contributed by atoms with Gasteiger partial charge in [0.25, 0.3) is 0 Å². The molecule has 19 nitrogen and oxygen atoms in total. The van der Waals surface area contributed by atoms with Crippen LogP contribution in [0.1, 0.15) is 399 Å². The van der Waals surface area contributed by atoms with Gasteiger partial charge in [-0.25, -0.2) is 0 Å². The predicted octanol–water partition coefficient (Wildman–Crippen LogP) is 15.7. The van der Waals surface area contributed by atoms with Gasteiger partial charge in [-0.1, -0.05) is 380 Å². The monoisotopic (exact) mass is 1470 g/mol. The highest BCUT2D eigenvalue weighted by atomic mass is 16.8. The lowest BCUT2D eigenvalue weighted by Gasteiger charge is -2.48. The molecule has 0 aromatic carbocycles. The van der Waals surface area contributed by atoms with Gasteiger partial charge in [0, 0.05) is 6.42 Å². The van der Waals surface area contributed by atoms with E-state index in [0.29, 0.717) is 12.8 Å². The van der Waals surface area contributed by atoms with Crippen LogP contribution in [0.15, 0.2) is 0 Å². The molecule has 19 heteroatoms. The molecule has 103 heavy (non-hydrogen) atoms. The molecule has 0 aromatic heterocycles. The molecule has 1 amide bonds. The van der Waals surface area contributed by atoms with Crippen LogP contribution < -0.4 is 5.32 Å². The van der Waals surface area contributed by atoms with Crippen LogP contribution in [0.3, 0.4) is 0 Å². The molecule has 3 heterocycles. The number of ether oxygens (including phenoxy) is 6. The molecule has 0 aromatic rings. The Balaban J connectivity index is 1.30. The first kappa shape index (κ1) is 96.0. The number of aliphatic hydroxyl groups is 11. The number of carbonyl (C=O) groups is 1. The van der Waals surface area contributed by atoms with Crippen LogP contribution >= 0.6 is 0 Å². The van der Waals surface area contributed by atoms with Crippen LogP contribution in [0.2, 0.25) is 0 Å². The van der Waals surface area contributed by atoms with Gasteiger partial charge in [-0.05, 0) is 12.8 Å². The molecule has 3 aliphatic rings. The topological polar surface area (TPSA) is 307 Å². The Kier molecular flexibility index (Phi) is 61.0. The second-order valence-electron chi connectivity index (χ2n) is 31.7. The van der Waals surface area contributed by atoms with E-state index in [-0.39, 0.29) is 18.9 Å².